The molecule has 1 aliphatic carbocycles. The second kappa shape index (κ2) is 7.09. The molecule has 3 rings (SSSR count). The molecule has 0 radical (unpaired) electrons. The number of likely N-dealkylation sites (N-methyl/N-ethyl adjacent to an activating group) is 1. The highest BCUT2D eigenvalue weighted by molar-refractivity contribution is 5.11. The maximum atomic E-state index is 5.54. The fraction of sp³-hybridized carbons (Fsp3) is 0.647. The maximum Gasteiger partial charge on any atom is 0.150 e. The van der Waals surface area contributed by atoms with Gasteiger partial charge in [-0.2, -0.15) is 0 Å². The molecule has 22 heavy (non-hydrogen) atoms. The SMILES string of the molecule is Cc1nccn1CCN(C)Cc1cc(C2CCCCC2)no1. The molecule has 2 aromatic rings. The molecule has 1 fully saturated rings. The molecule has 0 aromatic carbocycles. The average Bonchev–Trinajstić information content (AvgIpc) is 3.15. The third-order valence-electron chi connectivity index (χ3n) is 4.67. The van der Waals surface area contributed by atoms with Crippen molar-refractivity contribution in [2.45, 2.75) is 58.0 Å². The molecule has 0 aliphatic heterocycles. The predicted octanol–water partition coefficient (Wildman–Crippen LogP) is 3.36. The minimum atomic E-state index is 0.616. The van der Waals surface area contributed by atoms with Crippen LogP contribution in [-0.2, 0) is 13.1 Å². The summed E-state index contributed by atoms with van der Waals surface area (Å²) in [6, 6.07) is 2.16. The monoisotopic (exact) mass is 302 g/mol. The van der Waals surface area contributed by atoms with E-state index in [2.05, 4.69) is 32.7 Å². The molecular weight excluding hydrogens is 276 g/mol. The lowest BCUT2D eigenvalue weighted by Crippen LogP contribution is -2.22. The van der Waals surface area contributed by atoms with Gasteiger partial charge >= 0.3 is 0 Å². The fourth-order valence-corrected chi connectivity index (χ4v) is 3.26. The Kier molecular flexibility index (Phi) is 4.93. The van der Waals surface area contributed by atoms with Crippen LogP contribution in [0.3, 0.4) is 0 Å². The number of aryl methyl sites for hydroxylation is 1. The lowest BCUT2D eigenvalue weighted by atomic mass is 9.87. The minimum Gasteiger partial charge on any atom is -0.360 e. The number of rotatable bonds is 6. The van der Waals surface area contributed by atoms with Crippen LogP contribution in [0.5, 0.6) is 0 Å². The first-order valence-corrected chi connectivity index (χ1v) is 8.34. The summed E-state index contributed by atoms with van der Waals surface area (Å²) in [5.41, 5.74) is 1.16. The predicted molar refractivity (Wildman–Crippen MR) is 85.6 cm³/mol. The lowest BCUT2D eigenvalue weighted by molar-refractivity contribution is 0.262. The third kappa shape index (κ3) is 3.77. The first-order chi connectivity index (χ1) is 10.7. The molecular formula is C17H26N4O. The van der Waals surface area contributed by atoms with Gasteiger partial charge in [0, 0.05) is 37.5 Å². The maximum absolute atomic E-state index is 5.54. The molecule has 1 aliphatic rings. The zero-order chi connectivity index (χ0) is 15.4. The van der Waals surface area contributed by atoms with Gasteiger partial charge in [-0.25, -0.2) is 4.98 Å². The second-order valence-corrected chi connectivity index (χ2v) is 6.46. The van der Waals surface area contributed by atoms with Gasteiger partial charge in [0.05, 0.1) is 12.2 Å². The highest BCUT2D eigenvalue weighted by Gasteiger charge is 2.19. The van der Waals surface area contributed by atoms with Crippen molar-refractivity contribution >= 4 is 0 Å². The summed E-state index contributed by atoms with van der Waals surface area (Å²) in [5, 5.41) is 4.30. The summed E-state index contributed by atoms with van der Waals surface area (Å²) in [6.07, 6.45) is 10.4. The van der Waals surface area contributed by atoms with Gasteiger partial charge in [-0.3, -0.25) is 4.90 Å². The Labute approximate surface area is 132 Å². The molecule has 0 amide bonds. The van der Waals surface area contributed by atoms with Crippen LogP contribution >= 0.6 is 0 Å². The summed E-state index contributed by atoms with van der Waals surface area (Å²) >= 11 is 0. The summed E-state index contributed by atoms with van der Waals surface area (Å²) < 4.78 is 7.71. The average molecular weight is 302 g/mol. The van der Waals surface area contributed by atoms with E-state index in [1.807, 2.05) is 19.3 Å². The van der Waals surface area contributed by atoms with Crippen LogP contribution in [0.15, 0.2) is 23.0 Å². The van der Waals surface area contributed by atoms with Gasteiger partial charge < -0.3 is 9.09 Å². The smallest absolute Gasteiger partial charge is 0.150 e. The number of nitrogens with zero attached hydrogens (tertiary/aromatic N) is 4. The normalized spacial score (nSPS) is 16.5. The van der Waals surface area contributed by atoms with Gasteiger partial charge in [0.25, 0.3) is 0 Å². The van der Waals surface area contributed by atoms with Crippen LogP contribution in [0.4, 0.5) is 0 Å². The number of aromatic nitrogens is 3. The van der Waals surface area contributed by atoms with Crippen molar-refractivity contribution in [3.63, 3.8) is 0 Å². The van der Waals surface area contributed by atoms with Crippen LogP contribution in [-0.4, -0.2) is 33.2 Å². The number of hydrogen-bond donors (Lipinski definition) is 0. The van der Waals surface area contributed by atoms with Crippen molar-refractivity contribution < 1.29 is 4.52 Å². The molecule has 2 heterocycles. The molecule has 1 saturated carbocycles. The van der Waals surface area contributed by atoms with Gasteiger partial charge in [0.15, 0.2) is 5.76 Å². The van der Waals surface area contributed by atoms with E-state index in [9.17, 15) is 0 Å². The zero-order valence-electron chi connectivity index (χ0n) is 13.7. The van der Waals surface area contributed by atoms with Gasteiger partial charge in [0.2, 0.25) is 0 Å². The largest absolute Gasteiger partial charge is 0.360 e. The van der Waals surface area contributed by atoms with E-state index in [0.29, 0.717) is 5.92 Å². The number of hydrogen-bond acceptors (Lipinski definition) is 4. The van der Waals surface area contributed by atoms with E-state index >= 15 is 0 Å². The van der Waals surface area contributed by atoms with Gasteiger partial charge in [0.1, 0.15) is 5.82 Å². The Balaban J connectivity index is 1.50. The molecule has 120 valence electrons. The molecule has 0 N–H and O–H groups in total. The van der Waals surface area contributed by atoms with Crippen LogP contribution in [0.2, 0.25) is 0 Å². The summed E-state index contributed by atoms with van der Waals surface area (Å²) in [4.78, 5) is 6.52. The first-order valence-electron chi connectivity index (χ1n) is 8.34. The van der Waals surface area contributed by atoms with E-state index in [1.165, 1.54) is 32.1 Å². The molecule has 0 spiro atoms. The Morgan fingerprint density at radius 2 is 2.14 bits per heavy atom. The van der Waals surface area contributed by atoms with E-state index in [1.54, 1.807) is 0 Å². The molecule has 5 heteroatoms. The standard InChI is InChI=1S/C17H26N4O/c1-14-18-8-9-21(14)11-10-20(2)13-16-12-17(19-22-16)15-6-4-3-5-7-15/h8-9,12,15H,3-7,10-11,13H2,1-2H3. The van der Waals surface area contributed by atoms with Crippen LogP contribution < -0.4 is 0 Å². The Bertz CT molecular complexity index is 583. The van der Waals surface area contributed by atoms with Crippen molar-refractivity contribution in [3.05, 3.63) is 35.7 Å². The van der Waals surface area contributed by atoms with Crippen molar-refractivity contribution in [1.29, 1.82) is 0 Å². The van der Waals surface area contributed by atoms with Gasteiger partial charge in [-0.15, -0.1) is 0 Å². The van der Waals surface area contributed by atoms with E-state index in [-0.39, 0.29) is 0 Å². The van der Waals surface area contributed by atoms with Gasteiger partial charge in [-0.1, -0.05) is 24.4 Å². The highest BCUT2D eigenvalue weighted by atomic mass is 16.5. The quantitative estimate of drug-likeness (QED) is 0.821. The minimum absolute atomic E-state index is 0.616. The van der Waals surface area contributed by atoms with E-state index in [4.69, 9.17) is 4.52 Å². The Morgan fingerprint density at radius 1 is 1.32 bits per heavy atom. The molecule has 0 unspecified atom stereocenters. The highest BCUT2D eigenvalue weighted by Crippen LogP contribution is 2.32. The zero-order valence-corrected chi connectivity index (χ0v) is 13.7. The summed E-state index contributed by atoms with van der Waals surface area (Å²) in [7, 11) is 2.12. The fourth-order valence-electron chi connectivity index (χ4n) is 3.26. The topological polar surface area (TPSA) is 47.1 Å². The van der Waals surface area contributed by atoms with E-state index < -0.39 is 0 Å². The van der Waals surface area contributed by atoms with Crippen LogP contribution in [0.25, 0.3) is 0 Å². The Hall–Kier alpha value is -1.62. The molecule has 5 nitrogen and oxygen atoms in total. The summed E-state index contributed by atoms with van der Waals surface area (Å²) in [6.45, 7) is 4.77. The Morgan fingerprint density at radius 3 is 2.86 bits per heavy atom. The number of imidazole rings is 1. The van der Waals surface area contributed by atoms with E-state index in [0.717, 1.165) is 36.9 Å². The molecule has 0 bridgehead atoms. The van der Waals surface area contributed by atoms with Gasteiger partial charge in [-0.05, 0) is 26.8 Å². The molecule has 0 atom stereocenters. The molecule has 2 aromatic heterocycles. The van der Waals surface area contributed by atoms with Crippen molar-refractivity contribution in [1.82, 2.24) is 19.6 Å². The van der Waals surface area contributed by atoms with Crippen molar-refractivity contribution in [2.75, 3.05) is 13.6 Å². The summed E-state index contributed by atoms with van der Waals surface area (Å²) in [5.74, 6) is 2.66. The molecule has 0 saturated heterocycles. The van der Waals surface area contributed by atoms with Crippen molar-refractivity contribution in [2.24, 2.45) is 0 Å². The van der Waals surface area contributed by atoms with Crippen molar-refractivity contribution in [3.8, 4) is 0 Å². The third-order valence-corrected chi connectivity index (χ3v) is 4.67. The lowest BCUT2D eigenvalue weighted by Gasteiger charge is -2.18. The van der Waals surface area contributed by atoms with Crippen LogP contribution in [0.1, 0.15) is 55.3 Å². The van der Waals surface area contributed by atoms with Crippen LogP contribution in [0, 0.1) is 6.92 Å². The second-order valence-electron chi connectivity index (χ2n) is 6.46. The first kappa shape index (κ1) is 15.3.